The van der Waals surface area contributed by atoms with Gasteiger partial charge in [-0.25, -0.2) is 4.98 Å². The van der Waals surface area contributed by atoms with Crippen molar-refractivity contribution in [2.24, 2.45) is 0 Å². The maximum absolute atomic E-state index is 6.04. The second kappa shape index (κ2) is 7.43. The monoisotopic (exact) mass is 404 g/mol. The normalized spacial score (nSPS) is 15.0. The maximum Gasteiger partial charge on any atom is 0.140 e. The van der Waals surface area contributed by atoms with E-state index in [9.17, 15) is 0 Å². The first-order valence-electron chi connectivity index (χ1n) is 7.69. The van der Waals surface area contributed by atoms with Crippen molar-refractivity contribution in [1.29, 1.82) is 0 Å². The predicted octanol–water partition coefficient (Wildman–Crippen LogP) is 3.23. The van der Waals surface area contributed by atoms with Crippen LogP contribution in [0.15, 0.2) is 34.9 Å². The van der Waals surface area contributed by atoms with E-state index in [0.29, 0.717) is 20.9 Å². The number of hydrogen-bond donors (Lipinski definition) is 1. The van der Waals surface area contributed by atoms with Crippen molar-refractivity contribution >= 4 is 39.0 Å². The molecule has 2 heterocycles. The average molecular weight is 406 g/mol. The van der Waals surface area contributed by atoms with E-state index < -0.39 is 0 Å². The molecule has 0 radical (unpaired) electrons. The Bertz CT molecular complexity index is 787. The number of benzene rings is 1. The molecule has 0 spiro atoms. The molecule has 0 bridgehead atoms. The fraction of sp³-hybridized carbons (Fsp3) is 0.278. The quantitative estimate of drug-likeness (QED) is 0.740. The number of rotatable bonds is 1. The largest absolute Gasteiger partial charge is 0.383 e. The van der Waals surface area contributed by atoms with Gasteiger partial charge in [0.25, 0.3) is 0 Å². The molecule has 3 rings (SSSR count). The maximum atomic E-state index is 6.04. The second-order valence-corrected chi connectivity index (χ2v) is 6.97. The summed E-state index contributed by atoms with van der Waals surface area (Å²) in [7, 11) is 2.16. The third-order valence-corrected chi connectivity index (χ3v) is 5.41. The molecule has 24 heavy (non-hydrogen) atoms. The minimum absolute atomic E-state index is 0.368. The van der Waals surface area contributed by atoms with E-state index in [4.69, 9.17) is 17.3 Å². The third-order valence-electron chi connectivity index (χ3n) is 4.07. The number of likely N-dealkylation sites (N-methyl/N-ethyl adjacent to an activating group) is 1. The SMILES string of the molecule is CN1CCN(c2ccc(C#Cc3c(N)ncc(Cl)c3Br)cc2)CC1. The van der Waals surface area contributed by atoms with Crippen LogP contribution < -0.4 is 10.6 Å². The van der Waals surface area contributed by atoms with E-state index in [2.05, 4.69) is 61.7 Å². The summed E-state index contributed by atoms with van der Waals surface area (Å²) in [5.74, 6) is 6.54. The summed E-state index contributed by atoms with van der Waals surface area (Å²) < 4.78 is 0.679. The van der Waals surface area contributed by atoms with Gasteiger partial charge in [0.2, 0.25) is 0 Å². The van der Waals surface area contributed by atoms with Crippen LogP contribution >= 0.6 is 27.5 Å². The summed E-state index contributed by atoms with van der Waals surface area (Å²) in [6.45, 7) is 4.30. The molecule has 1 aromatic carbocycles. The van der Waals surface area contributed by atoms with Gasteiger partial charge >= 0.3 is 0 Å². The topological polar surface area (TPSA) is 45.4 Å². The van der Waals surface area contributed by atoms with E-state index in [1.165, 1.54) is 11.9 Å². The molecular formula is C18H18BrClN4. The number of aromatic nitrogens is 1. The lowest BCUT2D eigenvalue weighted by atomic mass is 10.1. The number of nitrogens with two attached hydrogens (primary N) is 1. The van der Waals surface area contributed by atoms with Crippen LogP contribution in [0.3, 0.4) is 0 Å². The first-order chi connectivity index (χ1) is 11.5. The fourth-order valence-corrected chi connectivity index (χ4v) is 3.10. The van der Waals surface area contributed by atoms with Crippen molar-refractivity contribution in [3.63, 3.8) is 0 Å². The van der Waals surface area contributed by atoms with Crippen molar-refractivity contribution < 1.29 is 0 Å². The van der Waals surface area contributed by atoms with Gasteiger partial charge in [0.1, 0.15) is 5.82 Å². The Morgan fingerprint density at radius 3 is 2.46 bits per heavy atom. The summed E-state index contributed by atoms with van der Waals surface area (Å²) in [5, 5.41) is 0.499. The molecule has 0 unspecified atom stereocenters. The molecule has 1 aromatic heterocycles. The molecule has 2 aromatic rings. The molecular weight excluding hydrogens is 388 g/mol. The number of hydrogen-bond acceptors (Lipinski definition) is 4. The van der Waals surface area contributed by atoms with Gasteiger partial charge in [-0.15, -0.1) is 0 Å². The molecule has 6 heteroatoms. The lowest BCUT2D eigenvalue weighted by Gasteiger charge is -2.34. The van der Waals surface area contributed by atoms with Crippen LogP contribution in [0, 0.1) is 11.8 Å². The van der Waals surface area contributed by atoms with Gasteiger partial charge in [0.15, 0.2) is 0 Å². The lowest BCUT2D eigenvalue weighted by Crippen LogP contribution is -2.44. The smallest absolute Gasteiger partial charge is 0.140 e. The zero-order chi connectivity index (χ0) is 17.1. The van der Waals surface area contributed by atoms with Gasteiger partial charge in [-0.05, 0) is 47.2 Å². The molecule has 0 saturated carbocycles. The summed E-state index contributed by atoms with van der Waals surface area (Å²) >= 11 is 9.45. The van der Waals surface area contributed by atoms with E-state index in [1.54, 1.807) is 0 Å². The van der Waals surface area contributed by atoms with Crippen molar-refractivity contribution in [3.8, 4) is 11.8 Å². The van der Waals surface area contributed by atoms with E-state index in [0.717, 1.165) is 31.7 Å². The first kappa shape index (κ1) is 17.1. The Morgan fingerprint density at radius 1 is 1.12 bits per heavy atom. The van der Waals surface area contributed by atoms with Crippen LogP contribution in [0.1, 0.15) is 11.1 Å². The Balaban J connectivity index is 1.77. The van der Waals surface area contributed by atoms with E-state index in [1.807, 2.05) is 12.1 Å². The Kier molecular flexibility index (Phi) is 5.30. The van der Waals surface area contributed by atoms with Crippen molar-refractivity contribution in [3.05, 3.63) is 51.1 Å². The summed E-state index contributed by atoms with van der Waals surface area (Å²) in [6, 6.07) is 8.29. The molecule has 0 aliphatic carbocycles. The highest BCUT2D eigenvalue weighted by molar-refractivity contribution is 9.10. The number of pyridine rings is 1. The predicted molar refractivity (Wildman–Crippen MR) is 103 cm³/mol. The standard InChI is InChI=1S/C18H18BrClN4/c1-23-8-10-24(11-9-23)14-5-2-13(3-6-14)4-7-15-17(19)16(20)12-22-18(15)21/h2-3,5-6,12H,8-11H2,1H3,(H2,21,22). The van der Waals surface area contributed by atoms with Gasteiger partial charge in [-0.3, -0.25) is 0 Å². The molecule has 124 valence electrons. The van der Waals surface area contributed by atoms with Gasteiger partial charge in [0, 0.05) is 43.6 Å². The van der Waals surface area contributed by atoms with Crippen LogP contribution in [0.25, 0.3) is 0 Å². The lowest BCUT2D eigenvalue weighted by molar-refractivity contribution is 0.313. The molecule has 0 amide bonds. The summed E-state index contributed by atoms with van der Waals surface area (Å²) in [4.78, 5) is 8.78. The van der Waals surface area contributed by atoms with Crippen LogP contribution in [0.5, 0.6) is 0 Å². The molecule has 1 saturated heterocycles. The van der Waals surface area contributed by atoms with Gasteiger partial charge in [0.05, 0.1) is 15.1 Å². The number of nitrogens with zero attached hydrogens (tertiary/aromatic N) is 3. The highest BCUT2D eigenvalue weighted by Gasteiger charge is 2.13. The van der Waals surface area contributed by atoms with Crippen LogP contribution in [0.2, 0.25) is 5.02 Å². The molecule has 1 aliphatic rings. The highest BCUT2D eigenvalue weighted by atomic mass is 79.9. The number of nitrogen functional groups attached to an aromatic ring is 1. The number of piperazine rings is 1. The molecule has 1 aliphatic heterocycles. The Morgan fingerprint density at radius 2 is 1.79 bits per heavy atom. The van der Waals surface area contributed by atoms with Crippen molar-refractivity contribution in [1.82, 2.24) is 9.88 Å². The molecule has 0 atom stereocenters. The molecule has 2 N–H and O–H groups in total. The number of anilines is 2. The zero-order valence-corrected chi connectivity index (χ0v) is 15.7. The van der Waals surface area contributed by atoms with Crippen LogP contribution in [-0.4, -0.2) is 43.1 Å². The third kappa shape index (κ3) is 3.84. The van der Waals surface area contributed by atoms with E-state index in [-0.39, 0.29) is 0 Å². The number of halogens is 2. The summed E-state index contributed by atoms with van der Waals surface area (Å²) in [6.07, 6.45) is 1.51. The minimum atomic E-state index is 0.368. The van der Waals surface area contributed by atoms with Crippen molar-refractivity contribution in [2.75, 3.05) is 43.9 Å². The van der Waals surface area contributed by atoms with Gasteiger partial charge in [-0.1, -0.05) is 23.4 Å². The Labute approximate surface area is 155 Å². The van der Waals surface area contributed by atoms with Gasteiger partial charge < -0.3 is 15.5 Å². The first-order valence-corrected chi connectivity index (χ1v) is 8.87. The van der Waals surface area contributed by atoms with E-state index >= 15 is 0 Å². The van der Waals surface area contributed by atoms with Crippen LogP contribution in [0.4, 0.5) is 11.5 Å². The Hall–Kier alpha value is -1.74. The molecule has 4 nitrogen and oxygen atoms in total. The minimum Gasteiger partial charge on any atom is -0.383 e. The van der Waals surface area contributed by atoms with Gasteiger partial charge in [-0.2, -0.15) is 0 Å². The highest BCUT2D eigenvalue weighted by Crippen LogP contribution is 2.28. The summed E-state index contributed by atoms with van der Waals surface area (Å²) in [5.41, 5.74) is 8.66. The molecule has 1 fully saturated rings. The zero-order valence-electron chi connectivity index (χ0n) is 13.4. The van der Waals surface area contributed by atoms with Crippen molar-refractivity contribution in [2.45, 2.75) is 0 Å². The second-order valence-electron chi connectivity index (χ2n) is 5.77. The average Bonchev–Trinajstić information content (AvgIpc) is 2.60. The fourth-order valence-electron chi connectivity index (χ4n) is 2.55. The van der Waals surface area contributed by atoms with Crippen LogP contribution in [-0.2, 0) is 0 Å².